The average molecular weight is 403 g/mol. The number of imide groups is 1. The van der Waals surface area contributed by atoms with E-state index in [1.165, 1.54) is 18.5 Å². The lowest BCUT2D eigenvalue weighted by Gasteiger charge is -2.18. The molecule has 7 heteroatoms. The standard InChI is InChI=1S/C21H26N2O4S/c1-3-4-11-27-19(24)14-23-20(25)18(28-21(23)26)13-16-7-8-17(12-15(16)2)22-9-5-6-10-22/h7-8,12-13H,3-6,9-11,14H2,1-2H3/b18-13+. The van der Waals surface area contributed by atoms with Gasteiger partial charge in [0.25, 0.3) is 11.1 Å². The van der Waals surface area contributed by atoms with Gasteiger partial charge in [-0.3, -0.25) is 19.3 Å². The maximum absolute atomic E-state index is 12.6. The quantitative estimate of drug-likeness (QED) is 0.390. The van der Waals surface area contributed by atoms with E-state index in [-0.39, 0.29) is 6.54 Å². The van der Waals surface area contributed by atoms with Gasteiger partial charge in [-0.05, 0) is 67.3 Å². The minimum atomic E-state index is -0.553. The summed E-state index contributed by atoms with van der Waals surface area (Å²) in [4.78, 5) is 40.2. The summed E-state index contributed by atoms with van der Waals surface area (Å²) in [6, 6.07) is 6.15. The van der Waals surface area contributed by atoms with Crippen LogP contribution in [0.4, 0.5) is 10.5 Å². The third kappa shape index (κ3) is 4.76. The zero-order valence-corrected chi connectivity index (χ0v) is 17.2. The summed E-state index contributed by atoms with van der Waals surface area (Å²) in [6.45, 7) is 6.12. The first-order valence-electron chi connectivity index (χ1n) is 9.76. The van der Waals surface area contributed by atoms with Crippen molar-refractivity contribution in [3.8, 4) is 0 Å². The second-order valence-corrected chi connectivity index (χ2v) is 8.07. The molecule has 2 aliphatic heterocycles. The van der Waals surface area contributed by atoms with Crippen molar-refractivity contribution in [2.75, 3.05) is 31.1 Å². The molecule has 3 rings (SSSR count). The molecule has 2 saturated heterocycles. The number of rotatable bonds is 7. The van der Waals surface area contributed by atoms with Crippen LogP contribution in [-0.2, 0) is 14.3 Å². The van der Waals surface area contributed by atoms with Gasteiger partial charge in [0.2, 0.25) is 0 Å². The number of thioether (sulfide) groups is 1. The maximum atomic E-state index is 12.6. The molecule has 1 aromatic rings. The van der Waals surface area contributed by atoms with Crippen molar-refractivity contribution < 1.29 is 19.1 Å². The summed E-state index contributed by atoms with van der Waals surface area (Å²) in [5, 5.41) is -0.435. The molecule has 0 radical (unpaired) electrons. The Labute approximate surface area is 169 Å². The van der Waals surface area contributed by atoms with Gasteiger partial charge in [0.05, 0.1) is 11.5 Å². The average Bonchev–Trinajstić information content (AvgIpc) is 3.29. The minimum Gasteiger partial charge on any atom is -0.464 e. The Morgan fingerprint density at radius 3 is 2.68 bits per heavy atom. The molecule has 0 aromatic heterocycles. The number of carbonyl (C=O) groups is 3. The second-order valence-electron chi connectivity index (χ2n) is 7.08. The Hall–Kier alpha value is -2.28. The predicted molar refractivity (Wildman–Crippen MR) is 111 cm³/mol. The van der Waals surface area contributed by atoms with Gasteiger partial charge in [-0.15, -0.1) is 0 Å². The first kappa shape index (κ1) is 20.5. The summed E-state index contributed by atoms with van der Waals surface area (Å²) >= 11 is 0.866. The zero-order valence-electron chi connectivity index (χ0n) is 16.4. The Bertz CT molecular complexity index is 800. The van der Waals surface area contributed by atoms with E-state index in [4.69, 9.17) is 4.74 Å². The summed E-state index contributed by atoms with van der Waals surface area (Å²) in [6.07, 6.45) is 5.84. The molecule has 2 amide bonds. The number of aryl methyl sites for hydroxylation is 1. The molecule has 28 heavy (non-hydrogen) atoms. The summed E-state index contributed by atoms with van der Waals surface area (Å²) in [5.74, 6) is -0.992. The van der Waals surface area contributed by atoms with Gasteiger partial charge >= 0.3 is 5.97 Å². The zero-order chi connectivity index (χ0) is 20.1. The van der Waals surface area contributed by atoms with Crippen LogP contribution < -0.4 is 4.90 Å². The number of esters is 1. The van der Waals surface area contributed by atoms with Gasteiger partial charge in [-0.25, -0.2) is 0 Å². The lowest BCUT2D eigenvalue weighted by atomic mass is 10.1. The van der Waals surface area contributed by atoms with E-state index >= 15 is 0 Å². The van der Waals surface area contributed by atoms with Crippen molar-refractivity contribution in [2.45, 2.75) is 39.5 Å². The first-order chi connectivity index (χ1) is 13.5. The predicted octanol–water partition coefficient (Wildman–Crippen LogP) is 3.97. The van der Waals surface area contributed by atoms with Crippen LogP contribution in [0.3, 0.4) is 0 Å². The molecule has 0 bridgehead atoms. The number of carbonyl (C=O) groups excluding carboxylic acids is 3. The smallest absolute Gasteiger partial charge is 0.326 e. The van der Waals surface area contributed by atoms with Gasteiger partial charge in [-0.1, -0.05) is 19.4 Å². The second kappa shape index (κ2) is 9.28. The molecule has 0 unspecified atom stereocenters. The number of anilines is 1. The van der Waals surface area contributed by atoms with Crippen molar-refractivity contribution in [2.24, 2.45) is 0 Å². The number of benzene rings is 1. The Morgan fingerprint density at radius 1 is 1.25 bits per heavy atom. The first-order valence-corrected chi connectivity index (χ1v) is 10.6. The highest BCUT2D eigenvalue weighted by molar-refractivity contribution is 8.18. The molecule has 0 saturated carbocycles. The molecule has 6 nitrogen and oxygen atoms in total. The molecule has 1 aromatic carbocycles. The number of unbranched alkanes of at least 4 members (excludes halogenated alkanes) is 1. The van der Waals surface area contributed by atoms with E-state index in [2.05, 4.69) is 17.0 Å². The number of hydrogen-bond acceptors (Lipinski definition) is 6. The van der Waals surface area contributed by atoms with Gasteiger partial charge in [0, 0.05) is 18.8 Å². The summed E-state index contributed by atoms with van der Waals surface area (Å²) < 4.78 is 5.06. The largest absolute Gasteiger partial charge is 0.464 e. The summed E-state index contributed by atoms with van der Waals surface area (Å²) in [7, 11) is 0. The van der Waals surface area contributed by atoms with E-state index in [1.807, 2.05) is 19.9 Å². The van der Waals surface area contributed by atoms with E-state index in [0.29, 0.717) is 11.5 Å². The van der Waals surface area contributed by atoms with Crippen LogP contribution in [0.25, 0.3) is 6.08 Å². The van der Waals surface area contributed by atoms with E-state index < -0.39 is 17.1 Å². The van der Waals surface area contributed by atoms with Crippen molar-refractivity contribution in [1.29, 1.82) is 0 Å². The van der Waals surface area contributed by atoms with Crippen LogP contribution in [-0.4, -0.2) is 48.3 Å². The number of amides is 2. The Morgan fingerprint density at radius 2 is 2.00 bits per heavy atom. The van der Waals surface area contributed by atoms with Crippen LogP contribution >= 0.6 is 11.8 Å². The third-order valence-electron chi connectivity index (χ3n) is 4.93. The van der Waals surface area contributed by atoms with Crippen LogP contribution in [0.5, 0.6) is 0 Å². The maximum Gasteiger partial charge on any atom is 0.326 e. The van der Waals surface area contributed by atoms with Crippen LogP contribution in [0, 0.1) is 6.92 Å². The van der Waals surface area contributed by atoms with Crippen molar-refractivity contribution in [3.63, 3.8) is 0 Å². The molecule has 0 aliphatic carbocycles. The van der Waals surface area contributed by atoms with E-state index in [1.54, 1.807) is 6.08 Å². The van der Waals surface area contributed by atoms with Crippen molar-refractivity contribution in [1.82, 2.24) is 4.90 Å². The van der Waals surface area contributed by atoms with Crippen molar-refractivity contribution >= 4 is 40.6 Å². The van der Waals surface area contributed by atoms with Gasteiger partial charge in [0.15, 0.2) is 0 Å². The highest BCUT2D eigenvalue weighted by atomic mass is 32.2. The molecule has 2 fully saturated rings. The fourth-order valence-corrected chi connectivity index (χ4v) is 4.11. The molecule has 2 aliphatic rings. The monoisotopic (exact) mass is 402 g/mol. The SMILES string of the molecule is CCCCOC(=O)CN1C(=O)S/C(=C/c2ccc(N3CCCC3)cc2C)C1=O. The molecule has 0 N–H and O–H groups in total. The third-order valence-corrected chi connectivity index (χ3v) is 5.84. The van der Waals surface area contributed by atoms with Gasteiger partial charge in [-0.2, -0.15) is 0 Å². The minimum absolute atomic E-state index is 0.309. The van der Waals surface area contributed by atoms with Crippen LogP contribution in [0.1, 0.15) is 43.7 Å². The van der Waals surface area contributed by atoms with Gasteiger partial charge in [0.1, 0.15) is 6.54 Å². The van der Waals surface area contributed by atoms with Crippen LogP contribution in [0.15, 0.2) is 23.1 Å². The Kier molecular flexibility index (Phi) is 6.78. The Balaban J connectivity index is 1.68. The highest BCUT2D eigenvalue weighted by Crippen LogP contribution is 2.33. The number of nitrogens with zero attached hydrogens (tertiary/aromatic N) is 2. The lowest BCUT2D eigenvalue weighted by Crippen LogP contribution is -2.34. The fourth-order valence-electron chi connectivity index (χ4n) is 3.28. The number of hydrogen-bond donors (Lipinski definition) is 0. The lowest BCUT2D eigenvalue weighted by molar-refractivity contribution is -0.146. The summed E-state index contributed by atoms with van der Waals surface area (Å²) in [5.41, 5.74) is 3.14. The fraction of sp³-hybridized carbons (Fsp3) is 0.476. The molecular weight excluding hydrogens is 376 g/mol. The highest BCUT2D eigenvalue weighted by Gasteiger charge is 2.36. The normalized spacial score (nSPS) is 18.4. The van der Waals surface area contributed by atoms with E-state index in [9.17, 15) is 14.4 Å². The molecule has 2 heterocycles. The number of ether oxygens (including phenoxy) is 1. The topological polar surface area (TPSA) is 66.9 Å². The van der Waals surface area contributed by atoms with Crippen LogP contribution in [0.2, 0.25) is 0 Å². The molecule has 150 valence electrons. The van der Waals surface area contributed by atoms with Crippen molar-refractivity contribution in [3.05, 3.63) is 34.2 Å². The van der Waals surface area contributed by atoms with E-state index in [0.717, 1.165) is 53.7 Å². The van der Waals surface area contributed by atoms with Gasteiger partial charge < -0.3 is 9.64 Å². The molecule has 0 atom stereocenters. The molecule has 0 spiro atoms. The molecular formula is C21H26N2O4S.